The fraction of sp³-hybridized carbons (Fsp3) is 0.417. The SMILES string of the molecule is N#Cc1cn([C@H]2CC[C@@H](CO)O2)c2ncnc(N)c12. The fourth-order valence-electron chi connectivity index (χ4n) is 2.44. The zero-order valence-electron chi connectivity index (χ0n) is 10.2. The van der Waals surface area contributed by atoms with E-state index >= 15 is 0 Å². The number of fused-ring (bicyclic) bond motifs is 1. The number of rotatable bonds is 2. The van der Waals surface area contributed by atoms with Crippen LogP contribution in [0.25, 0.3) is 11.0 Å². The van der Waals surface area contributed by atoms with Gasteiger partial charge in [0, 0.05) is 6.20 Å². The molecule has 98 valence electrons. The first-order chi connectivity index (χ1) is 9.24. The van der Waals surface area contributed by atoms with Gasteiger partial charge >= 0.3 is 0 Å². The highest BCUT2D eigenvalue weighted by molar-refractivity contribution is 5.91. The van der Waals surface area contributed by atoms with Crippen LogP contribution in [0.3, 0.4) is 0 Å². The maximum atomic E-state index is 9.16. The van der Waals surface area contributed by atoms with Crippen LogP contribution >= 0.6 is 0 Å². The fourth-order valence-corrected chi connectivity index (χ4v) is 2.44. The highest BCUT2D eigenvalue weighted by atomic mass is 16.5. The molecular weight excluding hydrogens is 246 g/mol. The van der Waals surface area contributed by atoms with Gasteiger partial charge < -0.3 is 20.1 Å². The van der Waals surface area contributed by atoms with Crippen molar-refractivity contribution in [3.63, 3.8) is 0 Å². The van der Waals surface area contributed by atoms with Crippen LogP contribution in [0.4, 0.5) is 5.82 Å². The van der Waals surface area contributed by atoms with Gasteiger partial charge in [-0.1, -0.05) is 0 Å². The minimum Gasteiger partial charge on any atom is -0.394 e. The molecule has 1 fully saturated rings. The van der Waals surface area contributed by atoms with Crippen LogP contribution in [-0.4, -0.2) is 32.4 Å². The Morgan fingerprint density at radius 3 is 3.05 bits per heavy atom. The molecule has 3 N–H and O–H groups in total. The van der Waals surface area contributed by atoms with E-state index in [1.165, 1.54) is 6.33 Å². The van der Waals surface area contributed by atoms with E-state index in [0.717, 1.165) is 12.8 Å². The molecule has 1 aliphatic heterocycles. The van der Waals surface area contributed by atoms with Gasteiger partial charge in [-0.3, -0.25) is 0 Å². The third kappa shape index (κ3) is 1.82. The first-order valence-electron chi connectivity index (χ1n) is 6.02. The maximum Gasteiger partial charge on any atom is 0.148 e. The van der Waals surface area contributed by atoms with Crippen molar-refractivity contribution in [3.05, 3.63) is 18.1 Å². The summed E-state index contributed by atoms with van der Waals surface area (Å²) < 4.78 is 7.50. The number of ether oxygens (including phenoxy) is 1. The minimum atomic E-state index is -0.226. The molecule has 0 saturated carbocycles. The van der Waals surface area contributed by atoms with Crippen molar-refractivity contribution >= 4 is 16.9 Å². The largest absolute Gasteiger partial charge is 0.394 e. The van der Waals surface area contributed by atoms with E-state index < -0.39 is 0 Å². The van der Waals surface area contributed by atoms with Gasteiger partial charge in [0.15, 0.2) is 0 Å². The van der Waals surface area contributed by atoms with Gasteiger partial charge in [0.2, 0.25) is 0 Å². The lowest BCUT2D eigenvalue weighted by Gasteiger charge is -2.14. The summed E-state index contributed by atoms with van der Waals surface area (Å²) in [7, 11) is 0. The predicted octanol–water partition coefficient (Wildman–Crippen LogP) is 0.555. The number of nitrogens with zero attached hydrogens (tertiary/aromatic N) is 4. The number of nitrogens with two attached hydrogens (primary N) is 1. The van der Waals surface area contributed by atoms with Crippen LogP contribution in [0.1, 0.15) is 24.6 Å². The van der Waals surface area contributed by atoms with Gasteiger partial charge in [0.25, 0.3) is 0 Å². The Hall–Kier alpha value is -2.17. The van der Waals surface area contributed by atoms with Gasteiger partial charge in [-0.25, -0.2) is 9.97 Å². The number of hydrogen-bond donors (Lipinski definition) is 2. The zero-order valence-corrected chi connectivity index (χ0v) is 10.2. The average molecular weight is 259 g/mol. The van der Waals surface area contributed by atoms with E-state index in [9.17, 15) is 0 Å². The molecular formula is C12H13N5O2. The van der Waals surface area contributed by atoms with Crippen molar-refractivity contribution in [2.24, 2.45) is 0 Å². The summed E-state index contributed by atoms with van der Waals surface area (Å²) in [6.45, 7) is -0.00205. The highest BCUT2D eigenvalue weighted by Crippen LogP contribution is 2.33. The lowest BCUT2D eigenvalue weighted by Crippen LogP contribution is -2.14. The van der Waals surface area contributed by atoms with E-state index in [1.54, 1.807) is 10.8 Å². The molecule has 7 nitrogen and oxygen atoms in total. The van der Waals surface area contributed by atoms with Crippen LogP contribution < -0.4 is 5.73 Å². The van der Waals surface area contributed by atoms with E-state index in [2.05, 4.69) is 16.0 Å². The maximum absolute atomic E-state index is 9.16. The number of hydrogen-bond acceptors (Lipinski definition) is 6. The van der Waals surface area contributed by atoms with Gasteiger partial charge in [-0.15, -0.1) is 0 Å². The molecule has 3 rings (SSSR count). The van der Waals surface area contributed by atoms with Crippen molar-refractivity contribution in [3.8, 4) is 6.07 Å². The number of nitrogen functional groups attached to an aromatic ring is 1. The molecule has 0 aliphatic carbocycles. The Labute approximate surface area is 109 Å². The summed E-state index contributed by atoms with van der Waals surface area (Å²) >= 11 is 0. The van der Waals surface area contributed by atoms with Gasteiger partial charge in [-0.05, 0) is 12.8 Å². The monoisotopic (exact) mass is 259 g/mol. The van der Waals surface area contributed by atoms with E-state index in [0.29, 0.717) is 16.6 Å². The van der Waals surface area contributed by atoms with Crippen molar-refractivity contribution in [2.75, 3.05) is 12.3 Å². The van der Waals surface area contributed by atoms with E-state index in [1.807, 2.05) is 0 Å². The summed E-state index contributed by atoms with van der Waals surface area (Å²) in [5.74, 6) is 0.289. The second-order valence-electron chi connectivity index (χ2n) is 4.49. The van der Waals surface area contributed by atoms with Crippen molar-refractivity contribution in [1.82, 2.24) is 14.5 Å². The van der Waals surface area contributed by atoms with Crippen molar-refractivity contribution in [2.45, 2.75) is 25.2 Å². The highest BCUT2D eigenvalue weighted by Gasteiger charge is 2.28. The first kappa shape index (κ1) is 11.9. The molecule has 0 spiro atoms. The quantitative estimate of drug-likeness (QED) is 0.815. The third-order valence-corrected chi connectivity index (χ3v) is 3.36. The second-order valence-corrected chi connectivity index (χ2v) is 4.49. The normalized spacial score (nSPS) is 22.7. The Bertz CT molecular complexity index is 660. The molecule has 0 bridgehead atoms. The van der Waals surface area contributed by atoms with Crippen molar-refractivity contribution < 1.29 is 9.84 Å². The Morgan fingerprint density at radius 1 is 1.53 bits per heavy atom. The van der Waals surface area contributed by atoms with Crippen LogP contribution in [-0.2, 0) is 4.74 Å². The number of aliphatic hydroxyl groups is 1. The molecule has 2 atom stereocenters. The number of aromatic nitrogens is 3. The van der Waals surface area contributed by atoms with Crippen LogP contribution in [0, 0.1) is 11.3 Å². The zero-order chi connectivity index (χ0) is 13.4. The molecule has 0 amide bonds. The Kier molecular flexibility index (Phi) is 2.81. The van der Waals surface area contributed by atoms with Crippen LogP contribution in [0.2, 0.25) is 0 Å². The summed E-state index contributed by atoms with van der Waals surface area (Å²) in [4.78, 5) is 8.09. The average Bonchev–Trinajstić information content (AvgIpc) is 3.02. The third-order valence-electron chi connectivity index (χ3n) is 3.36. The topological polar surface area (TPSA) is 110 Å². The van der Waals surface area contributed by atoms with Crippen LogP contribution in [0.15, 0.2) is 12.5 Å². The van der Waals surface area contributed by atoms with Gasteiger partial charge in [0.05, 0.1) is 23.7 Å². The second kappa shape index (κ2) is 4.50. The summed E-state index contributed by atoms with van der Waals surface area (Å²) in [5, 5.41) is 18.8. The van der Waals surface area contributed by atoms with Crippen LogP contribution in [0.5, 0.6) is 0 Å². The molecule has 3 heterocycles. The molecule has 0 radical (unpaired) electrons. The number of anilines is 1. The number of nitriles is 1. The molecule has 2 aromatic heterocycles. The summed E-state index contributed by atoms with van der Waals surface area (Å²) in [5.41, 5.74) is 6.83. The molecule has 0 aromatic carbocycles. The molecule has 0 unspecified atom stereocenters. The molecule has 7 heteroatoms. The number of aliphatic hydroxyl groups excluding tert-OH is 1. The summed E-state index contributed by atoms with van der Waals surface area (Å²) in [6, 6.07) is 2.09. The molecule has 1 aliphatic rings. The standard InChI is InChI=1S/C12H13N5O2/c13-3-7-4-17(9-2-1-8(5-18)19-9)12-10(7)11(14)15-6-16-12/h4,6,8-9,18H,1-2,5H2,(H2,14,15,16)/t8-,9+/m0/s1. The molecule has 19 heavy (non-hydrogen) atoms. The van der Waals surface area contributed by atoms with Crippen molar-refractivity contribution in [1.29, 1.82) is 5.26 Å². The van der Waals surface area contributed by atoms with Gasteiger partial charge in [-0.2, -0.15) is 5.26 Å². The van der Waals surface area contributed by atoms with E-state index in [-0.39, 0.29) is 24.8 Å². The summed E-state index contributed by atoms with van der Waals surface area (Å²) in [6.07, 6.45) is 4.21. The lowest BCUT2D eigenvalue weighted by atomic mass is 10.2. The smallest absolute Gasteiger partial charge is 0.148 e. The molecule has 2 aromatic rings. The predicted molar refractivity (Wildman–Crippen MR) is 66.9 cm³/mol. The minimum absolute atomic E-state index is 0.00205. The first-order valence-corrected chi connectivity index (χ1v) is 6.02. The Balaban J connectivity index is 2.10. The van der Waals surface area contributed by atoms with Gasteiger partial charge in [0.1, 0.15) is 30.1 Å². The van der Waals surface area contributed by atoms with E-state index in [4.69, 9.17) is 20.8 Å². The lowest BCUT2D eigenvalue weighted by molar-refractivity contribution is -0.0204. The molecule has 1 saturated heterocycles. The Morgan fingerprint density at radius 2 is 2.37 bits per heavy atom.